The molecule has 0 amide bonds. The molecular formula is C14H18FNO. The Hall–Kier alpha value is -1.56. The molecule has 1 rings (SSSR count). The maximum atomic E-state index is 13.2. The fourth-order valence-electron chi connectivity index (χ4n) is 1.95. The van der Waals surface area contributed by atoms with Crippen molar-refractivity contribution in [1.82, 2.24) is 0 Å². The van der Waals surface area contributed by atoms with Crippen LogP contribution in [0.3, 0.4) is 0 Å². The van der Waals surface area contributed by atoms with E-state index in [2.05, 4.69) is 6.07 Å². The number of hydrogen-bond donors (Lipinski definition) is 0. The Balaban J connectivity index is 3.09. The van der Waals surface area contributed by atoms with Crippen LogP contribution in [0.25, 0.3) is 0 Å². The zero-order chi connectivity index (χ0) is 12.9. The lowest BCUT2D eigenvalue weighted by atomic mass is 9.78. The normalized spacial score (nSPS) is 11.0. The van der Waals surface area contributed by atoms with Gasteiger partial charge >= 0.3 is 0 Å². The van der Waals surface area contributed by atoms with Crippen LogP contribution in [0.2, 0.25) is 0 Å². The van der Waals surface area contributed by atoms with Crippen molar-refractivity contribution in [2.75, 3.05) is 7.11 Å². The number of ether oxygens (including phenoxy) is 1. The maximum absolute atomic E-state index is 13.2. The van der Waals surface area contributed by atoms with Crippen molar-refractivity contribution in [3.05, 3.63) is 29.6 Å². The van der Waals surface area contributed by atoms with Gasteiger partial charge in [-0.3, -0.25) is 0 Å². The second-order valence-corrected chi connectivity index (χ2v) is 4.23. The second kappa shape index (κ2) is 5.67. The van der Waals surface area contributed by atoms with E-state index in [9.17, 15) is 9.65 Å². The second-order valence-electron chi connectivity index (χ2n) is 4.23. The van der Waals surface area contributed by atoms with E-state index >= 15 is 0 Å². The first kappa shape index (κ1) is 13.5. The molecule has 0 aliphatic rings. The third kappa shape index (κ3) is 2.97. The highest BCUT2D eigenvalue weighted by atomic mass is 19.1. The van der Waals surface area contributed by atoms with Crippen LogP contribution in [0.4, 0.5) is 4.39 Å². The molecule has 1 aromatic rings. The summed E-state index contributed by atoms with van der Waals surface area (Å²) in [6, 6.07) is 6.79. The van der Waals surface area contributed by atoms with E-state index in [1.165, 1.54) is 12.1 Å². The van der Waals surface area contributed by atoms with Crippen LogP contribution in [0.1, 0.15) is 32.3 Å². The van der Waals surface area contributed by atoms with Crippen LogP contribution in [-0.4, -0.2) is 7.11 Å². The Kier molecular flexibility index (Phi) is 4.51. The van der Waals surface area contributed by atoms with Gasteiger partial charge in [-0.05, 0) is 43.0 Å². The van der Waals surface area contributed by atoms with Crippen molar-refractivity contribution in [3.63, 3.8) is 0 Å². The lowest BCUT2D eigenvalue weighted by Crippen LogP contribution is -2.20. The number of rotatable bonds is 5. The van der Waals surface area contributed by atoms with E-state index in [1.54, 1.807) is 13.2 Å². The topological polar surface area (TPSA) is 33.0 Å². The van der Waals surface area contributed by atoms with E-state index < -0.39 is 5.41 Å². The van der Waals surface area contributed by atoms with Crippen molar-refractivity contribution in [1.29, 1.82) is 5.26 Å². The average molecular weight is 235 g/mol. The minimum Gasteiger partial charge on any atom is -0.496 e. The third-order valence-electron chi connectivity index (χ3n) is 3.36. The zero-order valence-corrected chi connectivity index (χ0v) is 10.6. The van der Waals surface area contributed by atoms with Crippen LogP contribution in [0.5, 0.6) is 5.75 Å². The first-order valence-corrected chi connectivity index (χ1v) is 5.84. The molecule has 0 heterocycles. The van der Waals surface area contributed by atoms with Gasteiger partial charge in [0.25, 0.3) is 0 Å². The van der Waals surface area contributed by atoms with Gasteiger partial charge < -0.3 is 4.74 Å². The molecule has 0 saturated carbocycles. The van der Waals surface area contributed by atoms with Crippen LogP contribution < -0.4 is 4.74 Å². The smallest absolute Gasteiger partial charge is 0.123 e. The van der Waals surface area contributed by atoms with E-state index in [0.717, 1.165) is 18.4 Å². The predicted molar refractivity (Wildman–Crippen MR) is 65.3 cm³/mol. The molecule has 0 saturated heterocycles. The van der Waals surface area contributed by atoms with Gasteiger partial charge in [0.05, 0.1) is 18.6 Å². The Morgan fingerprint density at radius 1 is 1.35 bits per heavy atom. The third-order valence-corrected chi connectivity index (χ3v) is 3.36. The van der Waals surface area contributed by atoms with Crippen molar-refractivity contribution < 1.29 is 9.13 Å². The number of halogens is 1. The van der Waals surface area contributed by atoms with Gasteiger partial charge in [0, 0.05) is 0 Å². The number of hydrogen-bond acceptors (Lipinski definition) is 2. The highest BCUT2D eigenvalue weighted by Gasteiger charge is 2.27. The van der Waals surface area contributed by atoms with E-state index in [1.807, 2.05) is 13.8 Å². The van der Waals surface area contributed by atoms with Crippen LogP contribution in [0, 0.1) is 22.6 Å². The molecule has 0 spiro atoms. The summed E-state index contributed by atoms with van der Waals surface area (Å²) in [5, 5.41) is 9.29. The largest absolute Gasteiger partial charge is 0.496 e. The average Bonchev–Trinajstić information content (AvgIpc) is 2.36. The summed E-state index contributed by atoms with van der Waals surface area (Å²) in [6.07, 6.45) is 2.02. The fourth-order valence-corrected chi connectivity index (χ4v) is 1.95. The Labute approximate surface area is 102 Å². The minimum atomic E-state index is -0.429. The van der Waals surface area contributed by atoms with Crippen LogP contribution in [-0.2, 0) is 6.42 Å². The van der Waals surface area contributed by atoms with Gasteiger partial charge in [-0.2, -0.15) is 5.26 Å². The van der Waals surface area contributed by atoms with Crippen molar-refractivity contribution in [3.8, 4) is 11.8 Å². The van der Waals surface area contributed by atoms with E-state index in [4.69, 9.17) is 4.74 Å². The van der Waals surface area contributed by atoms with Gasteiger partial charge in [-0.1, -0.05) is 13.8 Å². The monoisotopic (exact) mass is 235 g/mol. The van der Waals surface area contributed by atoms with Gasteiger partial charge in [0.15, 0.2) is 0 Å². The number of methoxy groups -OCH3 is 1. The highest BCUT2D eigenvalue weighted by Crippen LogP contribution is 2.33. The lowest BCUT2D eigenvalue weighted by Gasteiger charge is -2.24. The summed E-state index contributed by atoms with van der Waals surface area (Å²) in [4.78, 5) is 0. The number of nitrogens with zero attached hydrogens (tertiary/aromatic N) is 1. The lowest BCUT2D eigenvalue weighted by molar-refractivity contribution is 0.349. The summed E-state index contributed by atoms with van der Waals surface area (Å²) < 4.78 is 18.4. The predicted octanol–water partition coefficient (Wildman–Crippen LogP) is 3.71. The van der Waals surface area contributed by atoms with Gasteiger partial charge in [-0.15, -0.1) is 0 Å². The molecule has 92 valence electrons. The van der Waals surface area contributed by atoms with Gasteiger partial charge in [0.2, 0.25) is 0 Å². The van der Waals surface area contributed by atoms with Crippen molar-refractivity contribution >= 4 is 0 Å². The van der Waals surface area contributed by atoms with E-state index in [0.29, 0.717) is 12.2 Å². The fraction of sp³-hybridized carbons (Fsp3) is 0.500. The summed E-state index contributed by atoms with van der Waals surface area (Å²) in [5.41, 5.74) is 0.332. The van der Waals surface area contributed by atoms with Crippen LogP contribution >= 0.6 is 0 Å². The van der Waals surface area contributed by atoms with Crippen LogP contribution in [0.15, 0.2) is 18.2 Å². The molecule has 3 heteroatoms. The summed E-state index contributed by atoms with van der Waals surface area (Å²) in [7, 11) is 1.56. The summed E-state index contributed by atoms with van der Waals surface area (Å²) >= 11 is 0. The molecule has 0 radical (unpaired) electrons. The quantitative estimate of drug-likeness (QED) is 0.779. The Morgan fingerprint density at radius 3 is 2.47 bits per heavy atom. The molecule has 0 atom stereocenters. The minimum absolute atomic E-state index is 0.292. The maximum Gasteiger partial charge on any atom is 0.123 e. The molecule has 0 unspecified atom stereocenters. The molecule has 17 heavy (non-hydrogen) atoms. The molecule has 0 aromatic heterocycles. The Morgan fingerprint density at radius 2 is 2.00 bits per heavy atom. The molecule has 2 nitrogen and oxygen atoms in total. The molecule has 0 fully saturated rings. The van der Waals surface area contributed by atoms with E-state index in [-0.39, 0.29) is 5.82 Å². The standard InChI is InChI=1S/C14H18FNO/c1-4-14(5-2,10-16)9-11-8-12(15)6-7-13(11)17-3/h6-8H,4-5,9H2,1-3H3. The first-order chi connectivity index (χ1) is 8.10. The molecule has 0 aliphatic carbocycles. The van der Waals surface area contributed by atoms with Gasteiger partial charge in [-0.25, -0.2) is 4.39 Å². The van der Waals surface area contributed by atoms with Gasteiger partial charge in [0.1, 0.15) is 11.6 Å². The van der Waals surface area contributed by atoms with Crippen molar-refractivity contribution in [2.24, 2.45) is 5.41 Å². The molecular weight excluding hydrogens is 217 g/mol. The first-order valence-electron chi connectivity index (χ1n) is 5.84. The van der Waals surface area contributed by atoms with Crippen molar-refractivity contribution in [2.45, 2.75) is 33.1 Å². The highest BCUT2D eigenvalue weighted by molar-refractivity contribution is 5.35. The molecule has 0 bridgehead atoms. The Bertz CT molecular complexity index is 419. The molecule has 1 aromatic carbocycles. The summed E-state index contributed by atoms with van der Waals surface area (Å²) in [6.45, 7) is 3.97. The molecule has 0 N–H and O–H groups in total. The number of benzene rings is 1. The zero-order valence-electron chi connectivity index (χ0n) is 10.6. The summed E-state index contributed by atoms with van der Waals surface area (Å²) in [5.74, 6) is 0.354. The SMILES string of the molecule is CCC(C#N)(CC)Cc1cc(F)ccc1OC. The molecule has 0 aliphatic heterocycles. The number of nitriles is 1.